The molecule has 2 fully saturated rings. The Morgan fingerprint density at radius 2 is 1.85 bits per heavy atom. The molecule has 1 saturated heterocycles. The first-order chi connectivity index (χ1) is 15.8. The van der Waals surface area contributed by atoms with Gasteiger partial charge in [-0.05, 0) is 68.0 Å². The number of hydrogen-bond donors (Lipinski definition) is 3. The molecule has 1 saturated carbocycles. The van der Waals surface area contributed by atoms with Crippen molar-refractivity contribution >= 4 is 27.6 Å². The summed E-state index contributed by atoms with van der Waals surface area (Å²) in [6.45, 7) is 1.39. The summed E-state index contributed by atoms with van der Waals surface area (Å²) in [5.41, 5.74) is 0.685. The fraction of sp³-hybridized carbons (Fsp3) is 0.391. The summed E-state index contributed by atoms with van der Waals surface area (Å²) in [4.78, 5) is 27.0. The maximum atomic E-state index is 13.3. The van der Waals surface area contributed by atoms with E-state index in [9.17, 15) is 22.4 Å². The molecule has 0 spiro atoms. The van der Waals surface area contributed by atoms with Crippen LogP contribution in [0, 0.1) is 11.7 Å². The number of carbonyl (C=O) groups excluding carboxylic acids is 2. The molecule has 0 radical (unpaired) electrons. The minimum Gasteiger partial charge on any atom is -0.338 e. The number of carbonyl (C=O) groups is 2. The lowest BCUT2D eigenvalue weighted by Gasteiger charge is -2.33. The van der Waals surface area contributed by atoms with E-state index in [4.69, 9.17) is 0 Å². The van der Waals surface area contributed by atoms with Crippen molar-refractivity contribution in [3.63, 3.8) is 0 Å². The van der Waals surface area contributed by atoms with Gasteiger partial charge in [0.25, 0.3) is 5.91 Å². The smallest absolute Gasteiger partial charge is 0.319 e. The van der Waals surface area contributed by atoms with Crippen LogP contribution in [0.5, 0.6) is 0 Å². The summed E-state index contributed by atoms with van der Waals surface area (Å²) in [5, 5.41) is 5.36. The second-order valence-electron chi connectivity index (χ2n) is 8.53. The molecule has 8 nitrogen and oxygen atoms in total. The maximum Gasteiger partial charge on any atom is 0.319 e. The van der Waals surface area contributed by atoms with Crippen molar-refractivity contribution in [3.8, 4) is 0 Å². The molecule has 1 atom stereocenters. The Morgan fingerprint density at radius 1 is 1.06 bits per heavy atom. The van der Waals surface area contributed by atoms with Crippen molar-refractivity contribution in [3.05, 3.63) is 59.9 Å². The van der Waals surface area contributed by atoms with Crippen LogP contribution in [0.25, 0.3) is 0 Å². The lowest BCUT2D eigenvalue weighted by Crippen LogP contribution is -2.44. The highest BCUT2D eigenvalue weighted by atomic mass is 32.2. The van der Waals surface area contributed by atoms with Crippen LogP contribution < -0.4 is 15.4 Å². The summed E-state index contributed by atoms with van der Waals surface area (Å²) in [7, 11) is -3.64. The number of likely N-dealkylation sites (tertiary alicyclic amines) is 1. The van der Waals surface area contributed by atoms with Crippen LogP contribution in [0.1, 0.15) is 36.0 Å². The lowest BCUT2D eigenvalue weighted by atomic mass is 9.97. The van der Waals surface area contributed by atoms with Gasteiger partial charge in [-0.15, -0.1) is 0 Å². The van der Waals surface area contributed by atoms with Crippen LogP contribution in [0.3, 0.4) is 0 Å². The highest BCUT2D eigenvalue weighted by molar-refractivity contribution is 7.89. The Balaban J connectivity index is 1.33. The van der Waals surface area contributed by atoms with Crippen LogP contribution in [0.15, 0.2) is 53.4 Å². The molecular formula is C23H27FN4O4S. The Kier molecular flexibility index (Phi) is 6.94. The van der Waals surface area contributed by atoms with Crippen LogP contribution in [-0.2, 0) is 10.0 Å². The standard InChI is InChI=1S/C23H27FN4O4S/c24-18-6-2-7-20(13-18)26-23(30)25-14-16-4-3-11-28(15-16)22(29)17-5-1-8-21(12-17)33(31,32)27-19-9-10-19/h1-2,5-8,12-13,16,19,27H,3-4,9-11,14-15H2,(H2,25,26,30). The molecule has 0 aromatic heterocycles. The number of hydrogen-bond acceptors (Lipinski definition) is 4. The molecule has 1 heterocycles. The minimum absolute atomic E-state index is 0.0113. The predicted molar refractivity (Wildman–Crippen MR) is 122 cm³/mol. The average molecular weight is 475 g/mol. The zero-order chi connectivity index (χ0) is 23.4. The van der Waals surface area contributed by atoms with Crippen molar-refractivity contribution in [1.29, 1.82) is 0 Å². The molecule has 3 N–H and O–H groups in total. The van der Waals surface area contributed by atoms with Crippen LogP contribution in [-0.4, -0.2) is 50.9 Å². The van der Waals surface area contributed by atoms with Gasteiger partial charge in [-0.1, -0.05) is 12.1 Å². The summed E-state index contributed by atoms with van der Waals surface area (Å²) in [6.07, 6.45) is 3.30. The molecule has 1 aliphatic heterocycles. The van der Waals surface area contributed by atoms with Crippen molar-refractivity contribution in [2.45, 2.75) is 36.6 Å². The first kappa shape index (κ1) is 23.2. The number of benzene rings is 2. The number of anilines is 1. The number of sulfonamides is 1. The molecule has 33 heavy (non-hydrogen) atoms. The van der Waals surface area contributed by atoms with Gasteiger partial charge in [-0.2, -0.15) is 0 Å². The average Bonchev–Trinajstić information content (AvgIpc) is 3.61. The molecule has 1 aliphatic carbocycles. The predicted octanol–water partition coefficient (Wildman–Crippen LogP) is 2.94. The number of piperidine rings is 1. The topological polar surface area (TPSA) is 108 Å². The van der Waals surface area contributed by atoms with E-state index in [-0.39, 0.29) is 22.8 Å². The summed E-state index contributed by atoms with van der Waals surface area (Å²) in [5.74, 6) is -0.605. The molecule has 2 aromatic carbocycles. The van der Waals surface area contributed by atoms with E-state index < -0.39 is 21.9 Å². The highest BCUT2D eigenvalue weighted by Crippen LogP contribution is 2.23. The molecule has 2 aliphatic rings. The number of nitrogens with zero attached hydrogens (tertiary/aromatic N) is 1. The minimum atomic E-state index is -3.64. The second kappa shape index (κ2) is 9.88. The summed E-state index contributed by atoms with van der Waals surface area (Å²) < 4.78 is 40.8. The number of rotatable bonds is 7. The van der Waals surface area contributed by atoms with Crippen molar-refractivity contribution in [2.24, 2.45) is 5.92 Å². The zero-order valence-electron chi connectivity index (χ0n) is 18.1. The van der Waals surface area contributed by atoms with E-state index >= 15 is 0 Å². The van der Waals surface area contributed by atoms with Gasteiger partial charge in [0.1, 0.15) is 5.82 Å². The molecule has 0 bridgehead atoms. The first-order valence-corrected chi connectivity index (χ1v) is 12.5. The third-order valence-electron chi connectivity index (χ3n) is 5.73. The molecule has 3 amide bonds. The van der Waals surface area contributed by atoms with E-state index in [0.29, 0.717) is 30.9 Å². The second-order valence-corrected chi connectivity index (χ2v) is 10.2. The number of halogens is 1. The molecule has 176 valence electrons. The van der Waals surface area contributed by atoms with Crippen LogP contribution >= 0.6 is 0 Å². The normalized spacial score (nSPS) is 18.6. The van der Waals surface area contributed by atoms with E-state index in [2.05, 4.69) is 15.4 Å². The number of amides is 3. The van der Waals surface area contributed by atoms with Crippen LogP contribution in [0.2, 0.25) is 0 Å². The fourth-order valence-electron chi connectivity index (χ4n) is 3.86. The first-order valence-electron chi connectivity index (χ1n) is 11.0. The molecular weight excluding hydrogens is 447 g/mol. The van der Waals surface area contributed by atoms with E-state index in [0.717, 1.165) is 25.7 Å². The van der Waals surface area contributed by atoms with E-state index in [1.54, 1.807) is 23.1 Å². The van der Waals surface area contributed by atoms with Gasteiger partial charge in [0.2, 0.25) is 10.0 Å². The van der Waals surface area contributed by atoms with Gasteiger partial charge in [0, 0.05) is 36.9 Å². The molecule has 4 rings (SSSR count). The highest BCUT2D eigenvalue weighted by Gasteiger charge is 2.29. The monoisotopic (exact) mass is 474 g/mol. The van der Waals surface area contributed by atoms with Crippen molar-refractivity contribution in [2.75, 3.05) is 25.0 Å². The van der Waals surface area contributed by atoms with E-state index in [1.165, 1.54) is 30.3 Å². The summed E-state index contributed by atoms with van der Waals surface area (Å²) in [6, 6.07) is 11.3. The van der Waals surface area contributed by atoms with E-state index in [1.807, 2.05) is 0 Å². The van der Waals surface area contributed by atoms with Crippen molar-refractivity contribution in [1.82, 2.24) is 14.9 Å². The van der Waals surface area contributed by atoms with Gasteiger partial charge in [0.15, 0.2) is 0 Å². The fourth-order valence-corrected chi connectivity index (χ4v) is 5.21. The van der Waals surface area contributed by atoms with Gasteiger partial charge >= 0.3 is 6.03 Å². The number of nitrogens with one attached hydrogen (secondary N) is 3. The zero-order valence-corrected chi connectivity index (χ0v) is 18.9. The Bertz CT molecular complexity index is 1140. The SMILES string of the molecule is O=C(NCC1CCCN(C(=O)c2cccc(S(=O)(=O)NC3CC3)c2)C1)Nc1cccc(F)c1. The van der Waals surface area contributed by atoms with Gasteiger partial charge in [0.05, 0.1) is 4.90 Å². The Morgan fingerprint density at radius 3 is 2.61 bits per heavy atom. The summed E-state index contributed by atoms with van der Waals surface area (Å²) >= 11 is 0. The largest absolute Gasteiger partial charge is 0.338 e. The lowest BCUT2D eigenvalue weighted by molar-refractivity contribution is 0.0675. The van der Waals surface area contributed by atoms with Crippen LogP contribution in [0.4, 0.5) is 14.9 Å². The van der Waals surface area contributed by atoms with Gasteiger partial charge in [-0.3, -0.25) is 4.79 Å². The van der Waals surface area contributed by atoms with Gasteiger partial charge < -0.3 is 15.5 Å². The number of urea groups is 1. The maximum absolute atomic E-state index is 13.3. The quantitative estimate of drug-likeness (QED) is 0.573. The molecule has 1 unspecified atom stereocenters. The third kappa shape index (κ3) is 6.29. The van der Waals surface area contributed by atoms with Gasteiger partial charge in [-0.25, -0.2) is 22.3 Å². The Hall–Kier alpha value is -2.98. The Labute approximate surface area is 192 Å². The van der Waals surface area contributed by atoms with Crippen molar-refractivity contribution < 1.29 is 22.4 Å². The molecule has 2 aromatic rings. The third-order valence-corrected chi connectivity index (χ3v) is 7.25. The molecule has 10 heteroatoms.